The average Bonchev–Trinajstić information content (AvgIpc) is 2.20. The number of aliphatic hydroxyl groups excluding tert-OH is 1. The Kier molecular flexibility index (Phi) is 4.18. The normalized spacial score (nSPS) is 13.7. The zero-order chi connectivity index (χ0) is 13.2. The molecule has 0 aliphatic carbocycles. The van der Waals surface area contributed by atoms with Crippen LogP contribution in [0.25, 0.3) is 0 Å². The van der Waals surface area contributed by atoms with E-state index in [9.17, 15) is 17.2 Å². The summed E-state index contributed by atoms with van der Waals surface area (Å²) in [7, 11) is -4.08. The molecule has 0 bridgehead atoms. The van der Waals surface area contributed by atoms with Crippen LogP contribution < -0.4 is 4.72 Å². The van der Waals surface area contributed by atoms with Crippen molar-refractivity contribution in [1.29, 1.82) is 0 Å². The molecule has 0 saturated carbocycles. The first-order chi connectivity index (χ1) is 7.74. The second kappa shape index (κ2) is 5.07. The number of sulfonamides is 1. The minimum absolute atomic E-state index is 0.0313. The van der Waals surface area contributed by atoms with E-state index >= 15 is 0 Å². The Balaban J connectivity index is 3.11. The maximum absolute atomic E-state index is 13.3. The van der Waals surface area contributed by atoms with E-state index in [1.807, 2.05) is 4.72 Å². The lowest BCUT2D eigenvalue weighted by molar-refractivity contribution is 0.198. The van der Waals surface area contributed by atoms with Crippen LogP contribution in [-0.2, 0) is 10.0 Å². The van der Waals surface area contributed by atoms with Crippen LogP contribution in [0.3, 0.4) is 0 Å². The van der Waals surface area contributed by atoms with Crippen LogP contribution in [0.2, 0.25) is 0 Å². The van der Waals surface area contributed by atoms with Crippen molar-refractivity contribution in [3.63, 3.8) is 0 Å². The van der Waals surface area contributed by atoms with Crippen LogP contribution >= 0.6 is 0 Å². The summed E-state index contributed by atoms with van der Waals surface area (Å²) in [5.41, 5.74) is 0.0313. The van der Waals surface area contributed by atoms with E-state index < -0.39 is 32.7 Å². The van der Waals surface area contributed by atoms with E-state index in [0.29, 0.717) is 6.07 Å². The smallest absolute Gasteiger partial charge is 0.243 e. The Morgan fingerprint density at radius 2 is 1.94 bits per heavy atom. The van der Waals surface area contributed by atoms with Gasteiger partial charge in [0.2, 0.25) is 10.0 Å². The summed E-state index contributed by atoms with van der Waals surface area (Å²) in [6, 6.07) is 1.43. The molecule has 0 aliphatic heterocycles. The molecule has 0 amide bonds. The summed E-state index contributed by atoms with van der Waals surface area (Å²) in [6.45, 7) is 2.48. The highest BCUT2D eigenvalue weighted by Gasteiger charge is 2.20. The van der Waals surface area contributed by atoms with Crippen molar-refractivity contribution in [3.8, 4) is 0 Å². The van der Waals surface area contributed by atoms with Gasteiger partial charge in [-0.25, -0.2) is 21.9 Å². The Labute approximate surface area is 98.3 Å². The molecule has 0 aliphatic rings. The van der Waals surface area contributed by atoms with Gasteiger partial charge in [-0.15, -0.1) is 0 Å². The molecule has 4 nitrogen and oxygen atoms in total. The SMILES string of the molecule is Cc1cc(S(=O)(=O)NCC(C)O)c(F)cc1F. The number of rotatable bonds is 4. The maximum Gasteiger partial charge on any atom is 0.243 e. The molecule has 1 aromatic rings. The first-order valence-corrected chi connectivity index (χ1v) is 6.35. The number of aliphatic hydroxyl groups is 1. The van der Waals surface area contributed by atoms with Gasteiger partial charge in [0, 0.05) is 12.6 Å². The van der Waals surface area contributed by atoms with Crippen LogP contribution in [-0.4, -0.2) is 26.2 Å². The van der Waals surface area contributed by atoms with E-state index in [4.69, 9.17) is 5.11 Å². The second-order valence-corrected chi connectivity index (χ2v) is 5.47. The molecule has 1 atom stereocenters. The Bertz CT molecular complexity index is 515. The Hall–Kier alpha value is -1.05. The summed E-state index contributed by atoms with van der Waals surface area (Å²) in [5.74, 6) is -1.97. The number of nitrogens with one attached hydrogen (secondary N) is 1. The molecule has 7 heteroatoms. The third-order valence-corrected chi connectivity index (χ3v) is 3.51. The Morgan fingerprint density at radius 1 is 1.35 bits per heavy atom. The van der Waals surface area contributed by atoms with Crippen molar-refractivity contribution >= 4 is 10.0 Å². The molecule has 0 fully saturated rings. The van der Waals surface area contributed by atoms with Gasteiger partial charge in [0.25, 0.3) is 0 Å². The largest absolute Gasteiger partial charge is 0.392 e. The van der Waals surface area contributed by atoms with Gasteiger partial charge < -0.3 is 5.11 Å². The number of halogens is 2. The van der Waals surface area contributed by atoms with Crippen molar-refractivity contribution in [1.82, 2.24) is 4.72 Å². The first-order valence-electron chi connectivity index (χ1n) is 4.87. The van der Waals surface area contributed by atoms with E-state index in [2.05, 4.69) is 0 Å². The lowest BCUT2D eigenvalue weighted by atomic mass is 10.2. The zero-order valence-electron chi connectivity index (χ0n) is 9.37. The fourth-order valence-corrected chi connectivity index (χ4v) is 2.41. The van der Waals surface area contributed by atoms with Gasteiger partial charge in [0.05, 0.1) is 6.10 Å². The molecule has 0 saturated heterocycles. The quantitative estimate of drug-likeness (QED) is 0.851. The molecule has 2 N–H and O–H groups in total. The molecular formula is C10H13F2NO3S. The highest BCUT2D eigenvalue weighted by molar-refractivity contribution is 7.89. The third-order valence-electron chi connectivity index (χ3n) is 2.07. The fraction of sp³-hybridized carbons (Fsp3) is 0.400. The van der Waals surface area contributed by atoms with Crippen molar-refractivity contribution in [2.24, 2.45) is 0 Å². The van der Waals surface area contributed by atoms with Gasteiger partial charge in [0.1, 0.15) is 16.5 Å². The zero-order valence-corrected chi connectivity index (χ0v) is 10.2. The number of hydrogen-bond donors (Lipinski definition) is 2. The summed E-state index contributed by atoms with van der Waals surface area (Å²) < 4.78 is 51.6. The maximum atomic E-state index is 13.3. The summed E-state index contributed by atoms with van der Waals surface area (Å²) in [4.78, 5) is -0.628. The molecule has 0 radical (unpaired) electrons. The van der Waals surface area contributed by atoms with Crippen LogP contribution in [0.15, 0.2) is 17.0 Å². The topological polar surface area (TPSA) is 66.4 Å². The van der Waals surface area contributed by atoms with Gasteiger partial charge in [-0.2, -0.15) is 0 Å². The molecule has 96 valence electrons. The lowest BCUT2D eigenvalue weighted by Gasteiger charge is -2.10. The van der Waals surface area contributed by atoms with Crippen molar-refractivity contribution in [3.05, 3.63) is 29.3 Å². The van der Waals surface area contributed by atoms with E-state index in [1.165, 1.54) is 13.8 Å². The highest BCUT2D eigenvalue weighted by atomic mass is 32.2. The monoisotopic (exact) mass is 265 g/mol. The molecule has 17 heavy (non-hydrogen) atoms. The molecule has 1 rings (SSSR count). The molecular weight excluding hydrogens is 252 g/mol. The summed E-state index contributed by atoms with van der Waals surface area (Å²) >= 11 is 0. The molecule has 0 heterocycles. The molecule has 1 aromatic carbocycles. The third kappa shape index (κ3) is 3.45. The number of benzene rings is 1. The van der Waals surface area contributed by atoms with E-state index in [0.717, 1.165) is 6.07 Å². The summed E-state index contributed by atoms with van der Waals surface area (Å²) in [5, 5.41) is 8.95. The van der Waals surface area contributed by atoms with Gasteiger partial charge >= 0.3 is 0 Å². The lowest BCUT2D eigenvalue weighted by Crippen LogP contribution is -2.31. The van der Waals surface area contributed by atoms with E-state index in [1.54, 1.807) is 0 Å². The standard InChI is InChI=1S/C10H13F2NO3S/c1-6-3-10(9(12)4-8(6)11)17(15,16)13-5-7(2)14/h3-4,7,13-14H,5H2,1-2H3. The predicted molar refractivity (Wildman–Crippen MR) is 58.0 cm³/mol. The fourth-order valence-electron chi connectivity index (χ4n) is 1.14. The van der Waals surface area contributed by atoms with Crippen LogP contribution in [0.1, 0.15) is 12.5 Å². The minimum atomic E-state index is -4.08. The summed E-state index contributed by atoms with van der Waals surface area (Å²) in [6.07, 6.45) is -0.894. The highest BCUT2D eigenvalue weighted by Crippen LogP contribution is 2.18. The van der Waals surface area contributed by atoms with Crippen LogP contribution in [0, 0.1) is 18.6 Å². The van der Waals surface area contributed by atoms with E-state index in [-0.39, 0.29) is 12.1 Å². The molecule has 0 aromatic heterocycles. The van der Waals surface area contributed by atoms with Crippen molar-refractivity contribution in [2.75, 3.05) is 6.54 Å². The second-order valence-electron chi connectivity index (χ2n) is 3.73. The molecule has 0 spiro atoms. The Morgan fingerprint density at radius 3 is 2.47 bits per heavy atom. The van der Waals surface area contributed by atoms with Gasteiger partial charge in [-0.3, -0.25) is 0 Å². The first kappa shape index (κ1) is 14.0. The predicted octanol–water partition coefficient (Wildman–Crippen LogP) is 0.932. The average molecular weight is 265 g/mol. The number of hydrogen-bond acceptors (Lipinski definition) is 3. The number of aryl methyl sites for hydroxylation is 1. The van der Waals surface area contributed by atoms with Gasteiger partial charge in [0.15, 0.2) is 0 Å². The van der Waals surface area contributed by atoms with Gasteiger partial charge in [-0.1, -0.05) is 0 Å². The van der Waals surface area contributed by atoms with Crippen molar-refractivity contribution in [2.45, 2.75) is 24.8 Å². The minimum Gasteiger partial charge on any atom is -0.392 e. The van der Waals surface area contributed by atoms with Crippen molar-refractivity contribution < 1.29 is 22.3 Å². The van der Waals surface area contributed by atoms with Crippen LogP contribution in [0.5, 0.6) is 0 Å². The van der Waals surface area contributed by atoms with Crippen LogP contribution in [0.4, 0.5) is 8.78 Å². The molecule has 1 unspecified atom stereocenters. The van der Waals surface area contributed by atoms with Gasteiger partial charge in [-0.05, 0) is 25.5 Å².